The van der Waals surface area contributed by atoms with Gasteiger partial charge in [-0.1, -0.05) is 52.8 Å². The average Bonchev–Trinajstić information content (AvgIpc) is 3.39. The molecule has 6 unspecified atom stereocenters. The summed E-state index contributed by atoms with van der Waals surface area (Å²) in [4.78, 5) is 16.2. The molecule has 6 atom stereocenters. The second kappa shape index (κ2) is 8.35. The van der Waals surface area contributed by atoms with Gasteiger partial charge >= 0.3 is 5.97 Å². The fourth-order valence-electron chi connectivity index (χ4n) is 6.60. The zero-order valence-corrected chi connectivity index (χ0v) is 19.0. The fourth-order valence-corrected chi connectivity index (χ4v) is 6.60. The summed E-state index contributed by atoms with van der Waals surface area (Å²) >= 11 is 0. The number of carboxylic acids is 1. The van der Waals surface area contributed by atoms with Crippen molar-refractivity contribution < 1.29 is 19.7 Å². The molecule has 1 aromatic rings. The van der Waals surface area contributed by atoms with Gasteiger partial charge in [-0.05, 0) is 54.9 Å². The van der Waals surface area contributed by atoms with Gasteiger partial charge in [0.2, 0.25) is 0 Å². The third kappa shape index (κ3) is 2.78. The van der Waals surface area contributed by atoms with Crippen LogP contribution in [0.15, 0.2) is 12.7 Å². The first kappa shape index (κ1) is 22.8. The minimum atomic E-state index is -1.39. The quantitative estimate of drug-likeness (QED) is 0.704. The largest absolute Gasteiger partial charge is 0.480 e. The van der Waals surface area contributed by atoms with Crippen molar-refractivity contribution in [1.29, 1.82) is 0 Å². The molecule has 2 fully saturated rings. The van der Waals surface area contributed by atoms with Gasteiger partial charge in [0.15, 0.2) is 5.79 Å². The number of aliphatic carboxylic acids is 1. The van der Waals surface area contributed by atoms with Crippen LogP contribution in [-0.4, -0.2) is 33.6 Å². The molecule has 2 heterocycles. The fraction of sp³-hybridized carbons (Fsp3) is 0.640. The van der Waals surface area contributed by atoms with Crippen molar-refractivity contribution in [2.75, 3.05) is 6.61 Å². The molecule has 0 radical (unpaired) electrons. The van der Waals surface area contributed by atoms with Gasteiger partial charge < -0.3 is 19.9 Å². The number of allylic oxidation sites excluding steroid dienone is 1. The lowest BCUT2D eigenvalue weighted by Gasteiger charge is -2.38. The van der Waals surface area contributed by atoms with E-state index in [1.807, 2.05) is 33.8 Å². The van der Waals surface area contributed by atoms with Gasteiger partial charge in [-0.15, -0.1) is 0 Å². The van der Waals surface area contributed by atoms with Crippen molar-refractivity contribution in [2.45, 2.75) is 77.4 Å². The second-order valence-corrected chi connectivity index (χ2v) is 8.59. The summed E-state index contributed by atoms with van der Waals surface area (Å²) in [5.74, 6) is -2.38. The minimum Gasteiger partial charge on any atom is -0.480 e. The lowest BCUT2D eigenvalue weighted by atomic mass is 9.69. The van der Waals surface area contributed by atoms with E-state index in [9.17, 15) is 15.0 Å². The molecule has 0 aromatic carbocycles. The molecule has 0 amide bonds. The number of hydrogen-bond acceptors (Lipinski definition) is 3. The molecule has 0 spiro atoms. The molecule has 3 N–H and O–H groups in total. The Labute approximate surface area is 179 Å². The van der Waals surface area contributed by atoms with Crippen molar-refractivity contribution >= 4 is 18.1 Å². The zero-order chi connectivity index (χ0) is 22.3. The first-order valence-corrected chi connectivity index (χ1v) is 11.5. The van der Waals surface area contributed by atoms with E-state index in [-0.39, 0.29) is 18.4 Å². The summed E-state index contributed by atoms with van der Waals surface area (Å²) in [6.45, 7) is 14.0. The summed E-state index contributed by atoms with van der Waals surface area (Å²) in [6.07, 6.45) is 9.14. The maximum atomic E-state index is 12.7. The predicted octanol–water partition coefficient (Wildman–Crippen LogP) is 3.41. The molecule has 1 saturated carbocycles. The Balaban J connectivity index is 0.00000124. The van der Waals surface area contributed by atoms with Gasteiger partial charge in [0.25, 0.3) is 0 Å². The Morgan fingerprint density at radius 3 is 2.53 bits per heavy atom. The molecule has 166 valence electrons. The van der Waals surface area contributed by atoms with Gasteiger partial charge in [0, 0.05) is 22.9 Å². The van der Waals surface area contributed by atoms with Crippen LogP contribution in [-0.2, 0) is 14.9 Å². The van der Waals surface area contributed by atoms with Gasteiger partial charge in [0.1, 0.15) is 5.41 Å². The molecular formula is C25H37NO4. The van der Waals surface area contributed by atoms with E-state index >= 15 is 0 Å². The molecule has 30 heavy (non-hydrogen) atoms. The van der Waals surface area contributed by atoms with Gasteiger partial charge in [-0.25, -0.2) is 0 Å². The highest BCUT2D eigenvalue weighted by molar-refractivity contribution is 5.83. The van der Waals surface area contributed by atoms with Gasteiger partial charge in [0.05, 0.1) is 6.61 Å². The van der Waals surface area contributed by atoms with E-state index in [0.717, 1.165) is 41.1 Å². The number of aromatic amines is 1. The van der Waals surface area contributed by atoms with Crippen LogP contribution >= 0.6 is 0 Å². The van der Waals surface area contributed by atoms with Crippen molar-refractivity contribution in [1.82, 2.24) is 4.98 Å². The SMILES string of the molecule is C=C/C=c1/[nH]c2c(/c1=C/C)C1C(CC)CCC1C1(O)OCC2(C(=O)O)C1CC.CC. The maximum Gasteiger partial charge on any atom is 0.318 e. The third-order valence-corrected chi connectivity index (χ3v) is 7.72. The smallest absolute Gasteiger partial charge is 0.318 e. The molecule has 2 aliphatic carbocycles. The number of aromatic nitrogens is 1. The van der Waals surface area contributed by atoms with Crippen LogP contribution in [0.5, 0.6) is 0 Å². The highest BCUT2D eigenvalue weighted by Gasteiger charge is 2.70. The van der Waals surface area contributed by atoms with Crippen LogP contribution in [0.25, 0.3) is 12.2 Å². The van der Waals surface area contributed by atoms with E-state index in [2.05, 4.69) is 24.6 Å². The standard InChI is InChI=1S/C23H31NO4.C2H6/c1-5-9-16-14(7-3)19-18-13(6-2)10-11-15(18)23(27)17(8-4)22(12-28-23,21(25)26)20(19)24-16;1-2/h5,7,9,13,15,17-18,24,27H,1,6,8,10-12H2,2-4H3,(H,25,26);1-2H3/b14-7+,16-9+;. The number of aliphatic hydroxyl groups is 1. The van der Waals surface area contributed by atoms with Crippen molar-refractivity contribution in [3.8, 4) is 0 Å². The number of nitrogens with one attached hydrogen (secondary N) is 1. The minimum absolute atomic E-state index is 0.00154. The van der Waals surface area contributed by atoms with E-state index in [4.69, 9.17) is 4.74 Å². The van der Waals surface area contributed by atoms with Crippen LogP contribution in [0, 0.1) is 17.8 Å². The zero-order valence-electron chi connectivity index (χ0n) is 19.0. The normalized spacial score (nSPS) is 37.8. The Kier molecular flexibility index (Phi) is 6.35. The number of ether oxygens (including phenoxy) is 1. The predicted molar refractivity (Wildman–Crippen MR) is 119 cm³/mol. The monoisotopic (exact) mass is 415 g/mol. The Morgan fingerprint density at radius 2 is 2.00 bits per heavy atom. The molecule has 3 aliphatic rings. The van der Waals surface area contributed by atoms with Crippen molar-refractivity contribution in [3.63, 3.8) is 0 Å². The van der Waals surface area contributed by atoms with Crippen LogP contribution in [0.4, 0.5) is 0 Å². The molecule has 4 rings (SSSR count). The van der Waals surface area contributed by atoms with E-state index in [1.54, 1.807) is 6.08 Å². The van der Waals surface area contributed by atoms with E-state index in [0.29, 0.717) is 12.3 Å². The average molecular weight is 416 g/mol. The molecule has 2 bridgehead atoms. The summed E-state index contributed by atoms with van der Waals surface area (Å²) in [7, 11) is 0. The van der Waals surface area contributed by atoms with Crippen molar-refractivity contribution in [3.05, 3.63) is 34.5 Å². The van der Waals surface area contributed by atoms with E-state index in [1.165, 1.54) is 0 Å². The lowest BCUT2D eigenvalue weighted by Crippen LogP contribution is -2.50. The van der Waals surface area contributed by atoms with E-state index < -0.39 is 23.1 Å². The third-order valence-electron chi connectivity index (χ3n) is 7.72. The summed E-state index contributed by atoms with van der Waals surface area (Å²) in [6, 6.07) is 0. The topological polar surface area (TPSA) is 82.5 Å². The van der Waals surface area contributed by atoms with Crippen LogP contribution in [0.1, 0.15) is 77.5 Å². The first-order valence-electron chi connectivity index (χ1n) is 11.5. The highest BCUT2D eigenvalue weighted by Crippen LogP contribution is 2.62. The Bertz CT molecular complexity index is 932. The molecule has 1 aliphatic heterocycles. The molecule has 1 saturated heterocycles. The van der Waals surface area contributed by atoms with Gasteiger partial charge in [-0.3, -0.25) is 4.79 Å². The summed E-state index contributed by atoms with van der Waals surface area (Å²) in [5.41, 5.74) is 0.564. The van der Waals surface area contributed by atoms with Gasteiger partial charge in [-0.2, -0.15) is 0 Å². The number of hydrogen-bond donors (Lipinski definition) is 3. The van der Waals surface area contributed by atoms with Crippen LogP contribution in [0.3, 0.4) is 0 Å². The molecular weight excluding hydrogens is 378 g/mol. The molecule has 5 heteroatoms. The number of rotatable bonds is 4. The summed E-state index contributed by atoms with van der Waals surface area (Å²) < 4.78 is 6.03. The molecule has 1 aromatic heterocycles. The lowest BCUT2D eigenvalue weighted by molar-refractivity contribution is -0.233. The van der Waals surface area contributed by atoms with Crippen molar-refractivity contribution in [2.24, 2.45) is 17.8 Å². The summed E-state index contributed by atoms with van der Waals surface area (Å²) in [5, 5.41) is 24.1. The number of H-pyrrole nitrogens is 1. The van der Waals surface area contributed by atoms with Crippen LogP contribution < -0.4 is 10.6 Å². The van der Waals surface area contributed by atoms with Crippen LogP contribution in [0.2, 0.25) is 0 Å². The molecule has 5 nitrogen and oxygen atoms in total. The Morgan fingerprint density at radius 1 is 1.30 bits per heavy atom. The maximum absolute atomic E-state index is 12.7. The first-order chi connectivity index (χ1) is 14.4. The number of fused-ring (bicyclic) bond motifs is 7. The second-order valence-electron chi connectivity index (χ2n) is 8.59. The highest BCUT2D eigenvalue weighted by atomic mass is 16.6. The Hall–Kier alpha value is -1.85. The number of carboxylic acid groups (broad SMARTS) is 1. The number of carbonyl (C=O) groups is 1.